The molecular formula is C39H48N4O4. The number of nitrogens with one attached hydrogen (secondary N) is 2. The van der Waals surface area contributed by atoms with Gasteiger partial charge in [-0.25, -0.2) is 9.59 Å². The molecule has 0 aliphatic carbocycles. The van der Waals surface area contributed by atoms with Gasteiger partial charge in [-0.2, -0.15) is 0 Å². The highest BCUT2D eigenvalue weighted by molar-refractivity contribution is 5.86. The lowest BCUT2D eigenvalue weighted by Crippen LogP contribution is -2.41. The second kappa shape index (κ2) is 16.6. The molecule has 8 nitrogen and oxygen atoms in total. The number of nitrogens with zero attached hydrogens (tertiary/aromatic N) is 2. The second-order valence-electron chi connectivity index (χ2n) is 13.0. The zero-order valence-corrected chi connectivity index (χ0v) is 28.3. The lowest BCUT2D eigenvalue weighted by molar-refractivity contribution is -0.118. The van der Waals surface area contributed by atoms with Gasteiger partial charge in [-0.05, 0) is 73.6 Å². The summed E-state index contributed by atoms with van der Waals surface area (Å²) < 4.78 is 5.71. The molecule has 0 aromatic heterocycles. The van der Waals surface area contributed by atoms with Crippen LogP contribution in [0.4, 0.5) is 9.59 Å². The number of unbranched alkanes of at least 4 members (excludes halogenated alkanes) is 1. The minimum atomic E-state index is -0.604. The quantitative estimate of drug-likeness (QED) is 0.146. The minimum absolute atomic E-state index is 0.0578. The first-order valence-electron chi connectivity index (χ1n) is 16.4. The number of carbonyl (C=O) groups excluding carboxylic acids is 3. The van der Waals surface area contributed by atoms with Crippen LogP contribution in [0.25, 0.3) is 10.8 Å². The third-order valence-corrected chi connectivity index (χ3v) is 7.78. The normalized spacial score (nSPS) is 11.9. The molecule has 0 aliphatic heterocycles. The molecule has 1 atom stereocenters. The number of hydrogen-bond donors (Lipinski definition) is 2. The van der Waals surface area contributed by atoms with Crippen LogP contribution in [-0.4, -0.2) is 46.5 Å². The standard InChI is InChI=1S/C39H48N4O4/c1-29(35-19-13-17-34-16-9-10-18-36(34)35)41-37(45)42(25-12-11-24-40-30(2)44)26-32-20-22-33(23-21-32)28-43(38(46)47-39(3,4)5)27-31-14-7-6-8-15-31/h6-10,13-23,29H,11-12,24-28H2,1-5H3,(H,40,44)(H,41,45)/t29-/m0/s1. The summed E-state index contributed by atoms with van der Waals surface area (Å²) in [4.78, 5) is 41.7. The van der Waals surface area contributed by atoms with Gasteiger partial charge < -0.3 is 20.3 Å². The molecule has 8 heteroatoms. The zero-order valence-electron chi connectivity index (χ0n) is 28.3. The van der Waals surface area contributed by atoms with E-state index in [0.717, 1.165) is 45.9 Å². The largest absolute Gasteiger partial charge is 0.444 e. The van der Waals surface area contributed by atoms with Gasteiger partial charge >= 0.3 is 12.1 Å². The van der Waals surface area contributed by atoms with Crippen molar-refractivity contribution in [3.8, 4) is 0 Å². The first-order chi connectivity index (χ1) is 22.5. The summed E-state index contributed by atoms with van der Waals surface area (Å²) in [5.74, 6) is -0.0578. The third kappa shape index (κ3) is 11.2. The molecule has 47 heavy (non-hydrogen) atoms. The maximum atomic E-state index is 13.7. The van der Waals surface area contributed by atoms with Crippen molar-refractivity contribution < 1.29 is 19.1 Å². The number of benzene rings is 4. The molecule has 4 rings (SSSR count). The van der Waals surface area contributed by atoms with Crippen LogP contribution in [0.3, 0.4) is 0 Å². The summed E-state index contributed by atoms with van der Waals surface area (Å²) in [6.07, 6.45) is 1.15. The molecule has 4 amide bonds. The Morgan fingerprint density at radius 1 is 0.723 bits per heavy atom. The summed E-state index contributed by atoms with van der Waals surface area (Å²) >= 11 is 0. The Hall–Kier alpha value is -4.85. The number of fused-ring (bicyclic) bond motifs is 1. The van der Waals surface area contributed by atoms with Crippen LogP contribution in [0, 0.1) is 0 Å². The van der Waals surface area contributed by atoms with E-state index in [9.17, 15) is 14.4 Å². The lowest BCUT2D eigenvalue weighted by Gasteiger charge is -2.28. The molecular weight excluding hydrogens is 588 g/mol. The maximum absolute atomic E-state index is 13.7. The van der Waals surface area contributed by atoms with Gasteiger partial charge in [0.25, 0.3) is 0 Å². The predicted octanol–water partition coefficient (Wildman–Crippen LogP) is 7.97. The minimum Gasteiger partial charge on any atom is -0.444 e. The molecule has 0 radical (unpaired) electrons. The molecule has 0 spiro atoms. The molecule has 2 N–H and O–H groups in total. The lowest BCUT2D eigenvalue weighted by atomic mass is 10.00. The van der Waals surface area contributed by atoms with Crippen molar-refractivity contribution in [3.05, 3.63) is 119 Å². The van der Waals surface area contributed by atoms with E-state index in [2.05, 4.69) is 34.9 Å². The van der Waals surface area contributed by atoms with E-state index in [1.165, 1.54) is 6.92 Å². The van der Waals surface area contributed by atoms with Crippen LogP contribution >= 0.6 is 0 Å². The van der Waals surface area contributed by atoms with Crippen LogP contribution < -0.4 is 10.6 Å². The number of rotatable bonds is 13. The van der Waals surface area contributed by atoms with Crippen molar-refractivity contribution in [2.45, 2.75) is 78.7 Å². The molecule has 0 heterocycles. The first kappa shape index (κ1) is 35.0. The Bertz CT molecular complexity index is 1610. The third-order valence-electron chi connectivity index (χ3n) is 7.78. The van der Waals surface area contributed by atoms with Crippen LogP contribution in [0.1, 0.15) is 75.8 Å². The van der Waals surface area contributed by atoms with E-state index in [1.807, 2.05) is 105 Å². The highest BCUT2D eigenvalue weighted by atomic mass is 16.6. The number of urea groups is 1. The van der Waals surface area contributed by atoms with Gasteiger partial charge in [0.15, 0.2) is 0 Å². The molecule has 4 aromatic rings. The molecule has 0 unspecified atom stereocenters. The van der Waals surface area contributed by atoms with Gasteiger partial charge in [0.2, 0.25) is 5.91 Å². The van der Waals surface area contributed by atoms with Crippen molar-refractivity contribution in [1.82, 2.24) is 20.4 Å². The monoisotopic (exact) mass is 636 g/mol. The van der Waals surface area contributed by atoms with Crippen LogP contribution in [0.2, 0.25) is 0 Å². The van der Waals surface area contributed by atoms with Crippen molar-refractivity contribution in [2.24, 2.45) is 0 Å². The predicted molar refractivity (Wildman–Crippen MR) is 188 cm³/mol. The molecule has 248 valence electrons. The van der Waals surface area contributed by atoms with Crippen molar-refractivity contribution >= 4 is 28.8 Å². The fraction of sp³-hybridized carbons (Fsp3) is 0.359. The van der Waals surface area contributed by atoms with Crippen LogP contribution in [0.15, 0.2) is 97.1 Å². The summed E-state index contributed by atoms with van der Waals surface area (Å²) in [5, 5.41) is 8.30. The van der Waals surface area contributed by atoms with Crippen molar-refractivity contribution in [2.75, 3.05) is 13.1 Å². The van der Waals surface area contributed by atoms with E-state index >= 15 is 0 Å². The van der Waals surface area contributed by atoms with Crippen LogP contribution in [-0.2, 0) is 29.2 Å². The highest BCUT2D eigenvalue weighted by Crippen LogP contribution is 2.24. The molecule has 4 aromatic carbocycles. The molecule has 0 fully saturated rings. The van der Waals surface area contributed by atoms with Gasteiger partial charge in [-0.1, -0.05) is 97.1 Å². The summed E-state index contributed by atoms with van der Waals surface area (Å²) in [6, 6.07) is 31.9. The topological polar surface area (TPSA) is 91.0 Å². The Kier molecular flexibility index (Phi) is 12.4. The number of ether oxygens (including phenoxy) is 1. The van der Waals surface area contributed by atoms with Crippen molar-refractivity contribution in [1.29, 1.82) is 0 Å². The SMILES string of the molecule is CC(=O)NCCCCN(Cc1ccc(CN(Cc2ccccc2)C(=O)OC(C)(C)C)cc1)C(=O)N[C@@H](C)c1cccc2ccccc12. The Morgan fingerprint density at radius 2 is 1.30 bits per heavy atom. The van der Waals surface area contributed by atoms with Crippen molar-refractivity contribution in [3.63, 3.8) is 0 Å². The molecule has 0 aliphatic rings. The molecule has 0 saturated heterocycles. The summed E-state index contributed by atoms with van der Waals surface area (Å²) in [6.45, 7) is 11.5. The highest BCUT2D eigenvalue weighted by Gasteiger charge is 2.23. The fourth-order valence-corrected chi connectivity index (χ4v) is 5.43. The van der Waals surface area contributed by atoms with E-state index < -0.39 is 5.60 Å². The maximum Gasteiger partial charge on any atom is 0.410 e. The fourth-order valence-electron chi connectivity index (χ4n) is 5.43. The Morgan fingerprint density at radius 3 is 1.94 bits per heavy atom. The average Bonchev–Trinajstić information content (AvgIpc) is 3.03. The molecule has 0 bridgehead atoms. The van der Waals surface area contributed by atoms with Gasteiger partial charge in [-0.15, -0.1) is 0 Å². The molecule has 0 saturated carbocycles. The van der Waals surface area contributed by atoms with E-state index in [1.54, 1.807) is 4.90 Å². The van der Waals surface area contributed by atoms with Gasteiger partial charge in [0.1, 0.15) is 5.60 Å². The Balaban J connectivity index is 1.46. The van der Waals surface area contributed by atoms with Crippen LogP contribution in [0.5, 0.6) is 0 Å². The van der Waals surface area contributed by atoms with E-state index in [-0.39, 0.29) is 24.1 Å². The van der Waals surface area contributed by atoms with E-state index in [0.29, 0.717) is 32.7 Å². The first-order valence-corrected chi connectivity index (χ1v) is 16.4. The van der Waals surface area contributed by atoms with Gasteiger partial charge in [0.05, 0.1) is 6.04 Å². The number of carbonyl (C=O) groups is 3. The number of hydrogen-bond acceptors (Lipinski definition) is 4. The smallest absolute Gasteiger partial charge is 0.410 e. The second-order valence-corrected chi connectivity index (χ2v) is 13.0. The number of amides is 4. The summed E-state index contributed by atoms with van der Waals surface area (Å²) in [5.41, 5.74) is 3.43. The zero-order chi connectivity index (χ0) is 33.8. The van der Waals surface area contributed by atoms with E-state index in [4.69, 9.17) is 4.74 Å². The average molecular weight is 637 g/mol. The summed E-state index contributed by atoms with van der Waals surface area (Å²) in [7, 11) is 0. The Labute approximate surface area is 279 Å². The van der Waals surface area contributed by atoms with Gasteiger partial charge in [0, 0.05) is 39.6 Å². The van der Waals surface area contributed by atoms with Gasteiger partial charge in [-0.3, -0.25) is 9.69 Å².